The van der Waals surface area contributed by atoms with Gasteiger partial charge in [0.05, 0.1) is 11.7 Å². The quantitative estimate of drug-likeness (QED) is 0.886. The van der Waals surface area contributed by atoms with Gasteiger partial charge in [0.2, 0.25) is 5.91 Å². The van der Waals surface area contributed by atoms with Gasteiger partial charge in [0.15, 0.2) is 0 Å². The van der Waals surface area contributed by atoms with E-state index in [0.29, 0.717) is 13.0 Å². The van der Waals surface area contributed by atoms with Gasteiger partial charge in [0.25, 0.3) is 0 Å². The zero-order valence-corrected chi connectivity index (χ0v) is 14.0. The van der Waals surface area contributed by atoms with Gasteiger partial charge < -0.3 is 5.32 Å². The van der Waals surface area contributed by atoms with E-state index < -0.39 is 0 Å². The summed E-state index contributed by atoms with van der Waals surface area (Å²) in [6.45, 7) is 6.61. The number of carbonyl (C=O) groups is 1. The van der Waals surface area contributed by atoms with E-state index in [4.69, 9.17) is 11.6 Å². The molecule has 1 aromatic carbocycles. The smallest absolute Gasteiger partial charge is 0.222 e. The third-order valence-corrected chi connectivity index (χ3v) is 3.84. The molecular formula is C17H22ClN3O. The van der Waals surface area contributed by atoms with Crippen molar-refractivity contribution in [2.45, 2.75) is 39.7 Å². The number of carbonyl (C=O) groups excluding carboxylic acids is 1. The van der Waals surface area contributed by atoms with Crippen LogP contribution in [0.1, 0.15) is 36.3 Å². The van der Waals surface area contributed by atoms with Crippen molar-refractivity contribution in [1.29, 1.82) is 0 Å². The van der Waals surface area contributed by atoms with Gasteiger partial charge in [0.1, 0.15) is 0 Å². The molecule has 1 unspecified atom stereocenters. The van der Waals surface area contributed by atoms with Crippen molar-refractivity contribution in [3.05, 3.63) is 52.3 Å². The average Bonchev–Trinajstić information content (AvgIpc) is 2.80. The molecule has 0 saturated carbocycles. The van der Waals surface area contributed by atoms with Crippen LogP contribution in [0.5, 0.6) is 0 Å². The van der Waals surface area contributed by atoms with Crippen LogP contribution in [0.25, 0.3) is 0 Å². The van der Waals surface area contributed by atoms with Crippen LogP contribution < -0.4 is 5.32 Å². The summed E-state index contributed by atoms with van der Waals surface area (Å²) >= 11 is 5.85. The Balaban J connectivity index is 1.78. The third kappa shape index (κ3) is 4.60. The van der Waals surface area contributed by atoms with Gasteiger partial charge in [-0.2, -0.15) is 5.10 Å². The van der Waals surface area contributed by atoms with Gasteiger partial charge in [-0.25, -0.2) is 0 Å². The molecule has 1 aromatic heterocycles. The van der Waals surface area contributed by atoms with Gasteiger partial charge >= 0.3 is 0 Å². The molecule has 1 N–H and O–H groups in total. The van der Waals surface area contributed by atoms with Crippen molar-refractivity contribution >= 4 is 17.5 Å². The van der Waals surface area contributed by atoms with E-state index in [1.54, 1.807) is 0 Å². The summed E-state index contributed by atoms with van der Waals surface area (Å²) in [6, 6.07) is 9.77. The predicted octanol–water partition coefficient (Wildman–Crippen LogP) is 3.46. The van der Waals surface area contributed by atoms with E-state index >= 15 is 0 Å². The highest BCUT2D eigenvalue weighted by molar-refractivity contribution is 6.30. The van der Waals surface area contributed by atoms with Crippen LogP contribution in [0.2, 0.25) is 5.02 Å². The van der Waals surface area contributed by atoms with Crippen LogP contribution in [0.3, 0.4) is 0 Å². The summed E-state index contributed by atoms with van der Waals surface area (Å²) < 4.78 is 1.91. The van der Waals surface area contributed by atoms with Crippen molar-refractivity contribution in [3.8, 4) is 0 Å². The summed E-state index contributed by atoms with van der Waals surface area (Å²) in [6.07, 6.45) is 1.24. The molecule has 0 aliphatic carbocycles. The Morgan fingerprint density at radius 1 is 1.32 bits per heavy atom. The number of nitrogens with one attached hydrogen (secondary N) is 1. The molecule has 2 rings (SSSR count). The number of halogens is 1. The molecule has 0 aliphatic heterocycles. The maximum atomic E-state index is 12.0. The first-order valence-electron chi connectivity index (χ1n) is 7.49. The number of amides is 1. The summed E-state index contributed by atoms with van der Waals surface area (Å²) in [5, 5.41) is 8.11. The lowest BCUT2D eigenvalue weighted by atomic mass is 10.1. The van der Waals surface area contributed by atoms with Crippen molar-refractivity contribution in [1.82, 2.24) is 15.1 Å². The zero-order chi connectivity index (χ0) is 16.1. The lowest BCUT2D eigenvalue weighted by molar-refractivity contribution is -0.121. The van der Waals surface area contributed by atoms with E-state index in [9.17, 15) is 4.79 Å². The Morgan fingerprint density at radius 3 is 2.59 bits per heavy atom. The van der Waals surface area contributed by atoms with Crippen molar-refractivity contribution in [2.24, 2.45) is 0 Å². The fraction of sp³-hybridized carbons (Fsp3) is 0.412. The number of aryl methyl sites for hydroxylation is 2. The van der Waals surface area contributed by atoms with Gasteiger partial charge in [0, 0.05) is 23.7 Å². The van der Waals surface area contributed by atoms with E-state index in [0.717, 1.165) is 28.4 Å². The Bertz CT molecular complexity index is 634. The SMILES string of the molecule is Cc1cc(C)n(C(C)CC(=O)NCCc2ccc(Cl)cc2)n1. The summed E-state index contributed by atoms with van der Waals surface area (Å²) in [5.41, 5.74) is 3.22. The Labute approximate surface area is 136 Å². The molecule has 0 bridgehead atoms. The topological polar surface area (TPSA) is 46.9 Å². The number of rotatable bonds is 6. The Kier molecular flexibility index (Phi) is 5.61. The second-order valence-electron chi connectivity index (χ2n) is 5.65. The minimum absolute atomic E-state index is 0.0500. The number of aromatic nitrogens is 2. The second kappa shape index (κ2) is 7.45. The molecule has 1 heterocycles. The van der Waals surface area contributed by atoms with Crippen molar-refractivity contribution in [3.63, 3.8) is 0 Å². The first kappa shape index (κ1) is 16.6. The summed E-state index contributed by atoms with van der Waals surface area (Å²) in [5.74, 6) is 0.0500. The van der Waals surface area contributed by atoms with Crippen LogP contribution in [0.4, 0.5) is 0 Å². The third-order valence-electron chi connectivity index (χ3n) is 3.59. The highest BCUT2D eigenvalue weighted by atomic mass is 35.5. The van der Waals surface area contributed by atoms with Crippen LogP contribution in [-0.4, -0.2) is 22.2 Å². The largest absolute Gasteiger partial charge is 0.356 e. The molecule has 4 nitrogen and oxygen atoms in total. The number of nitrogens with zero attached hydrogens (tertiary/aromatic N) is 2. The number of hydrogen-bond acceptors (Lipinski definition) is 2. The fourth-order valence-electron chi connectivity index (χ4n) is 2.52. The Hall–Kier alpha value is -1.81. The lowest BCUT2D eigenvalue weighted by Crippen LogP contribution is -2.28. The molecule has 1 atom stereocenters. The van der Waals surface area contributed by atoms with Crippen molar-refractivity contribution in [2.75, 3.05) is 6.54 Å². The Morgan fingerprint density at radius 2 is 2.00 bits per heavy atom. The molecular weight excluding hydrogens is 298 g/mol. The molecule has 22 heavy (non-hydrogen) atoms. The van der Waals surface area contributed by atoms with Gasteiger partial charge in [-0.1, -0.05) is 23.7 Å². The molecule has 118 valence electrons. The molecule has 5 heteroatoms. The maximum absolute atomic E-state index is 12.0. The highest BCUT2D eigenvalue weighted by Gasteiger charge is 2.13. The van der Waals surface area contributed by atoms with Crippen LogP contribution in [-0.2, 0) is 11.2 Å². The van der Waals surface area contributed by atoms with E-state index in [1.165, 1.54) is 0 Å². The lowest BCUT2D eigenvalue weighted by Gasteiger charge is -2.14. The van der Waals surface area contributed by atoms with Gasteiger partial charge in [-0.05, 0) is 51.0 Å². The first-order valence-corrected chi connectivity index (χ1v) is 7.87. The van der Waals surface area contributed by atoms with Gasteiger partial charge in [-0.3, -0.25) is 9.48 Å². The maximum Gasteiger partial charge on any atom is 0.222 e. The van der Waals surface area contributed by atoms with E-state index in [2.05, 4.69) is 10.4 Å². The highest BCUT2D eigenvalue weighted by Crippen LogP contribution is 2.14. The molecule has 0 saturated heterocycles. The second-order valence-corrected chi connectivity index (χ2v) is 6.09. The van der Waals surface area contributed by atoms with Gasteiger partial charge in [-0.15, -0.1) is 0 Å². The molecule has 0 radical (unpaired) electrons. The monoisotopic (exact) mass is 319 g/mol. The van der Waals surface area contributed by atoms with Crippen LogP contribution in [0.15, 0.2) is 30.3 Å². The first-order chi connectivity index (χ1) is 10.5. The minimum atomic E-state index is 0.0500. The predicted molar refractivity (Wildman–Crippen MR) is 89.2 cm³/mol. The number of benzene rings is 1. The minimum Gasteiger partial charge on any atom is -0.356 e. The zero-order valence-electron chi connectivity index (χ0n) is 13.3. The molecule has 0 fully saturated rings. The molecule has 1 amide bonds. The normalized spacial score (nSPS) is 12.2. The summed E-state index contributed by atoms with van der Waals surface area (Å²) in [4.78, 5) is 12.0. The van der Waals surface area contributed by atoms with E-state index in [-0.39, 0.29) is 11.9 Å². The number of hydrogen-bond donors (Lipinski definition) is 1. The van der Waals surface area contributed by atoms with E-state index in [1.807, 2.05) is 55.8 Å². The fourth-order valence-corrected chi connectivity index (χ4v) is 2.64. The average molecular weight is 320 g/mol. The molecule has 2 aromatic rings. The molecule has 0 spiro atoms. The van der Waals surface area contributed by atoms with Crippen LogP contribution >= 0.6 is 11.6 Å². The molecule has 0 aliphatic rings. The standard InChI is InChI=1S/C17H22ClN3O/c1-12-10-13(2)21(20-12)14(3)11-17(22)19-9-8-15-4-6-16(18)7-5-15/h4-7,10,14H,8-9,11H2,1-3H3,(H,19,22). The summed E-state index contributed by atoms with van der Waals surface area (Å²) in [7, 11) is 0. The van der Waals surface area contributed by atoms with Crippen LogP contribution in [0, 0.1) is 13.8 Å². The van der Waals surface area contributed by atoms with Crippen molar-refractivity contribution < 1.29 is 4.79 Å².